The predicted molar refractivity (Wildman–Crippen MR) is 87.5 cm³/mol. The van der Waals surface area contributed by atoms with Crippen LogP contribution in [0.3, 0.4) is 0 Å². The number of hydrogen-bond donors (Lipinski definition) is 1. The third kappa shape index (κ3) is 4.67. The molecule has 3 atom stereocenters. The van der Waals surface area contributed by atoms with Crippen molar-refractivity contribution in [3.63, 3.8) is 0 Å². The van der Waals surface area contributed by atoms with Gasteiger partial charge in [-0.3, -0.25) is 4.90 Å². The summed E-state index contributed by atoms with van der Waals surface area (Å²) < 4.78 is 5.77. The Hall–Kier alpha value is -0.120. The molecule has 0 bridgehead atoms. The van der Waals surface area contributed by atoms with Crippen molar-refractivity contribution in [2.45, 2.75) is 77.0 Å². The molecular formula is C18H34N2O. The summed E-state index contributed by atoms with van der Waals surface area (Å²) in [7, 11) is 0. The molecule has 0 aromatic rings. The average Bonchev–Trinajstić information content (AvgIpc) is 3.18. The molecule has 3 heteroatoms. The Bertz CT molecular complexity index is 310. The first kappa shape index (κ1) is 15.8. The van der Waals surface area contributed by atoms with Gasteiger partial charge in [-0.15, -0.1) is 0 Å². The van der Waals surface area contributed by atoms with Crippen molar-refractivity contribution in [1.29, 1.82) is 0 Å². The molecule has 0 aromatic heterocycles. The zero-order valence-corrected chi connectivity index (χ0v) is 14.0. The minimum Gasteiger partial charge on any atom is -0.378 e. The van der Waals surface area contributed by atoms with Gasteiger partial charge < -0.3 is 10.1 Å². The van der Waals surface area contributed by atoms with E-state index >= 15 is 0 Å². The molecule has 0 aromatic carbocycles. The van der Waals surface area contributed by atoms with E-state index in [1.165, 1.54) is 64.6 Å². The van der Waals surface area contributed by atoms with E-state index in [9.17, 15) is 0 Å². The normalized spacial score (nSPS) is 34.7. The Labute approximate surface area is 130 Å². The van der Waals surface area contributed by atoms with Crippen LogP contribution in [0, 0.1) is 11.8 Å². The Morgan fingerprint density at radius 2 is 2.10 bits per heavy atom. The van der Waals surface area contributed by atoms with Gasteiger partial charge in [-0.05, 0) is 63.3 Å². The maximum atomic E-state index is 5.77. The van der Waals surface area contributed by atoms with Gasteiger partial charge >= 0.3 is 0 Å². The van der Waals surface area contributed by atoms with Gasteiger partial charge in [0.25, 0.3) is 0 Å². The quantitative estimate of drug-likeness (QED) is 0.781. The summed E-state index contributed by atoms with van der Waals surface area (Å²) in [6.07, 6.45) is 9.97. The summed E-state index contributed by atoms with van der Waals surface area (Å²) in [5, 5.41) is 3.83. The van der Waals surface area contributed by atoms with Gasteiger partial charge in [-0.1, -0.05) is 13.8 Å². The van der Waals surface area contributed by atoms with Crippen LogP contribution in [-0.4, -0.2) is 49.3 Å². The number of ether oxygens (including phenoxy) is 1. The van der Waals surface area contributed by atoms with E-state index in [0.29, 0.717) is 6.10 Å². The molecule has 1 saturated carbocycles. The zero-order chi connectivity index (χ0) is 14.7. The van der Waals surface area contributed by atoms with Gasteiger partial charge in [-0.25, -0.2) is 0 Å². The summed E-state index contributed by atoms with van der Waals surface area (Å²) in [4.78, 5) is 2.80. The van der Waals surface area contributed by atoms with Crippen LogP contribution in [0.2, 0.25) is 0 Å². The Morgan fingerprint density at radius 3 is 2.76 bits per heavy atom. The highest BCUT2D eigenvalue weighted by atomic mass is 16.5. The number of rotatable bonds is 7. The molecule has 3 rings (SSSR count). The molecular weight excluding hydrogens is 260 g/mol. The molecule has 2 saturated heterocycles. The molecule has 0 spiro atoms. The summed E-state index contributed by atoms with van der Waals surface area (Å²) in [5.41, 5.74) is 0. The highest BCUT2D eigenvalue weighted by Crippen LogP contribution is 2.34. The van der Waals surface area contributed by atoms with Crippen LogP contribution in [-0.2, 0) is 4.74 Å². The lowest BCUT2D eigenvalue weighted by Gasteiger charge is -2.41. The molecule has 122 valence electrons. The number of piperazine rings is 1. The van der Waals surface area contributed by atoms with Crippen molar-refractivity contribution in [2.75, 3.05) is 26.2 Å². The van der Waals surface area contributed by atoms with E-state index in [1.54, 1.807) is 0 Å². The summed E-state index contributed by atoms with van der Waals surface area (Å²) in [6.45, 7) is 9.49. The standard InChI is InChI=1S/C18H34N2O/c1-14(2)11-16-12-19-18(15-7-8-15)13-20(16)9-3-5-17-6-4-10-21-17/h14-19H,3-13H2,1-2H3. The third-order valence-electron chi connectivity index (χ3n) is 5.49. The average molecular weight is 294 g/mol. The molecule has 3 nitrogen and oxygen atoms in total. The molecule has 0 radical (unpaired) electrons. The second-order valence-electron chi connectivity index (χ2n) is 7.91. The minimum atomic E-state index is 0.565. The highest BCUT2D eigenvalue weighted by Gasteiger charge is 2.37. The van der Waals surface area contributed by atoms with E-state index < -0.39 is 0 Å². The maximum absolute atomic E-state index is 5.77. The Kier molecular flexibility index (Phi) is 5.58. The number of hydrogen-bond acceptors (Lipinski definition) is 3. The zero-order valence-electron chi connectivity index (χ0n) is 14.0. The van der Waals surface area contributed by atoms with Gasteiger partial charge in [0.15, 0.2) is 0 Å². The Balaban J connectivity index is 1.46. The van der Waals surface area contributed by atoms with E-state index in [0.717, 1.165) is 30.5 Å². The molecule has 2 aliphatic heterocycles. The lowest BCUT2D eigenvalue weighted by atomic mass is 9.97. The van der Waals surface area contributed by atoms with Gasteiger partial charge in [0.05, 0.1) is 6.10 Å². The summed E-state index contributed by atoms with van der Waals surface area (Å²) in [5.74, 6) is 1.78. The largest absolute Gasteiger partial charge is 0.378 e. The molecule has 21 heavy (non-hydrogen) atoms. The SMILES string of the molecule is CC(C)CC1CNC(C2CC2)CN1CCCC1CCCO1. The van der Waals surface area contributed by atoms with Crippen LogP contribution in [0.1, 0.15) is 58.8 Å². The molecule has 3 fully saturated rings. The second-order valence-corrected chi connectivity index (χ2v) is 7.91. The summed E-state index contributed by atoms with van der Waals surface area (Å²) in [6, 6.07) is 1.53. The van der Waals surface area contributed by atoms with Crippen LogP contribution in [0.25, 0.3) is 0 Å². The number of nitrogens with zero attached hydrogens (tertiary/aromatic N) is 1. The van der Waals surface area contributed by atoms with E-state index in [-0.39, 0.29) is 0 Å². The van der Waals surface area contributed by atoms with Crippen LogP contribution in [0.15, 0.2) is 0 Å². The van der Waals surface area contributed by atoms with Crippen molar-refractivity contribution in [2.24, 2.45) is 11.8 Å². The molecule has 3 aliphatic rings. The van der Waals surface area contributed by atoms with Gasteiger partial charge in [0.2, 0.25) is 0 Å². The van der Waals surface area contributed by atoms with Gasteiger partial charge in [0, 0.05) is 31.8 Å². The van der Waals surface area contributed by atoms with Gasteiger partial charge in [-0.2, -0.15) is 0 Å². The van der Waals surface area contributed by atoms with Crippen LogP contribution in [0.4, 0.5) is 0 Å². The van der Waals surface area contributed by atoms with Crippen molar-refractivity contribution in [3.05, 3.63) is 0 Å². The molecule has 1 aliphatic carbocycles. The molecule has 2 heterocycles. The van der Waals surface area contributed by atoms with E-state index in [1.807, 2.05) is 0 Å². The second kappa shape index (κ2) is 7.43. The molecule has 1 N–H and O–H groups in total. The highest BCUT2D eigenvalue weighted by molar-refractivity contribution is 4.94. The first-order chi connectivity index (χ1) is 10.2. The Morgan fingerprint density at radius 1 is 1.24 bits per heavy atom. The van der Waals surface area contributed by atoms with E-state index in [4.69, 9.17) is 4.74 Å². The van der Waals surface area contributed by atoms with Crippen LogP contribution >= 0.6 is 0 Å². The monoisotopic (exact) mass is 294 g/mol. The van der Waals surface area contributed by atoms with Crippen LogP contribution in [0.5, 0.6) is 0 Å². The third-order valence-corrected chi connectivity index (χ3v) is 5.49. The smallest absolute Gasteiger partial charge is 0.0576 e. The minimum absolute atomic E-state index is 0.565. The maximum Gasteiger partial charge on any atom is 0.0576 e. The van der Waals surface area contributed by atoms with Crippen molar-refractivity contribution in [3.8, 4) is 0 Å². The lowest BCUT2D eigenvalue weighted by molar-refractivity contribution is 0.0809. The molecule has 3 unspecified atom stereocenters. The topological polar surface area (TPSA) is 24.5 Å². The fraction of sp³-hybridized carbons (Fsp3) is 1.00. The summed E-state index contributed by atoms with van der Waals surface area (Å²) >= 11 is 0. The lowest BCUT2D eigenvalue weighted by Crippen LogP contribution is -2.57. The van der Waals surface area contributed by atoms with Gasteiger partial charge in [0.1, 0.15) is 0 Å². The van der Waals surface area contributed by atoms with Crippen molar-refractivity contribution < 1.29 is 4.74 Å². The number of nitrogens with one attached hydrogen (secondary N) is 1. The van der Waals surface area contributed by atoms with Crippen molar-refractivity contribution >= 4 is 0 Å². The fourth-order valence-corrected chi connectivity index (χ4v) is 4.14. The first-order valence-electron chi connectivity index (χ1n) is 9.31. The van der Waals surface area contributed by atoms with E-state index in [2.05, 4.69) is 24.1 Å². The fourth-order valence-electron chi connectivity index (χ4n) is 4.14. The predicted octanol–water partition coefficient (Wildman–Crippen LogP) is 3.04. The first-order valence-corrected chi connectivity index (χ1v) is 9.31. The van der Waals surface area contributed by atoms with Crippen LogP contribution < -0.4 is 5.32 Å². The molecule has 0 amide bonds. The van der Waals surface area contributed by atoms with Crippen molar-refractivity contribution in [1.82, 2.24) is 10.2 Å².